The summed E-state index contributed by atoms with van der Waals surface area (Å²) in [6, 6.07) is 6.91. The van der Waals surface area contributed by atoms with E-state index in [0.29, 0.717) is 36.1 Å². The van der Waals surface area contributed by atoms with Gasteiger partial charge in [-0.2, -0.15) is 5.26 Å². The van der Waals surface area contributed by atoms with Gasteiger partial charge >= 0.3 is 0 Å². The number of nitriles is 1. The zero-order valence-corrected chi connectivity index (χ0v) is 12.7. The second kappa shape index (κ2) is 9.01. The molecule has 1 amide bonds. The number of carbonyl (C=O) groups excluding carboxylic acids is 1. The van der Waals surface area contributed by atoms with Crippen molar-refractivity contribution in [3.8, 4) is 11.8 Å². The summed E-state index contributed by atoms with van der Waals surface area (Å²) in [5, 5.41) is 12.2. The number of hydrogen-bond acceptors (Lipinski definition) is 4. The van der Waals surface area contributed by atoms with E-state index in [4.69, 9.17) is 26.3 Å². The second-order valence-electron chi connectivity index (χ2n) is 4.03. The quantitative estimate of drug-likeness (QED) is 0.477. The third-order valence-corrected chi connectivity index (χ3v) is 2.76. The number of halogens is 1. The molecule has 0 fully saturated rings. The number of amides is 1. The van der Waals surface area contributed by atoms with Gasteiger partial charge in [-0.25, -0.2) is 0 Å². The Morgan fingerprint density at radius 3 is 2.90 bits per heavy atom. The van der Waals surface area contributed by atoms with Crippen molar-refractivity contribution in [2.45, 2.75) is 6.92 Å². The Labute approximate surface area is 129 Å². The fourth-order valence-corrected chi connectivity index (χ4v) is 1.77. The Morgan fingerprint density at radius 2 is 2.29 bits per heavy atom. The van der Waals surface area contributed by atoms with E-state index in [2.05, 4.69) is 5.32 Å². The van der Waals surface area contributed by atoms with E-state index in [1.807, 2.05) is 13.0 Å². The molecule has 0 atom stereocenters. The monoisotopic (exact) mass is 308 g/mol. The van der Waals surface area contributed by atoms with Crippen LogP contribution in [0.4, 0.5) is 0 Å². The molecule has 1 aromatic carbocycles. The van der Waals surface area contributed by atoms with Crippen LogP contribution in [0.25, 0.3) is 6.08 Å². The highest BCUT2D eigenvalue weighted by atomic mass is 35.5. The van der Waals surface area contributed by atoms with Gasteiger partial charge in [-0.05, 0) is 31.2 Å². The fraction of sp³-hybridized carbons (Fsp3) is 0.333. The first-order chi connectivity index (χ1) is 10.1. The van der Waals surface area contributed by atoms with Gasteiger partial charge in [0, 0.05) is 24.2 Å². The molecule has 1 rings (SSSR count). The molecule has 1 N–H and O–H groups in total. The third-order valence-electron chi connectivity index (χ3n) is 2.53. The molecule has 6 heteroatoms. The Balaban J connectivity index is 2.99. The number of nitrogens with zero attached hydrogens (tertiary/aromatic N) is 1. The summed E-state index contributed by atoms with van der Waals surface area (Å²) in [7, 11) is 1.54. The summed E-state index contributed by atoms with van der Waals surface area (Å²) in [6.07, 6.45) is 1.46. The van der Waals surface area contributed by atoms with Crippen molar-refractivity contribution in [1.82, 2.24) is 5.32 Å². The lowest BCUT2D eigenvalue weighted by Crippen LogP contribution is -2.27. The lowest BCUT2D eigenvalue weighted by atomic mass is 10.1. The maximum atomic E-state index is 11.9. The first-order valence-corrected chi connectivity index (χ1v) is 6.81. The number of nitrogens with one attached hydrogen (secondary N) is 1. The highest BCUT2D eigenvalue weighted by Crippen LogP contribution is 2.25. The van der Waals surface area contributed by atoms with Crippen LogP contribution in [-0.2, 0) is 9.53 Å². The van der Waals surface area contributed by atoms with Crippen LogP contribution < -0.4 is 10.1 Å². The predicted molar refractivity (Wildman–Crippen MR) is 81.1 cm³/mol. The number of benzene rings is 1. The number of carbonyl (C=O) groups is 1. The standard InChI is InChI=1S/C15H17ClN2O3/c1-3-21-14-5-4-13(16)9-11(14)8-12(10-17)15(19)18-6-7-20-2/h4-5,8-9H,3,6-7H2,1-2H3,(H,18,19)/b12-8+. The number of hydrogen-bond donors (Lipinski definition) is 1. The summed E-state index contributed by atoms with van der Waals surface area (Å²) >= 11 is 5.94. The van der Waals surface area contributed by atoms with E-state index in [9.17, 15) is 4.79 Å². The van der Waals surface area contributed by atoms with Gasteiger partial charge in [0.2, 0.25) is 0 Å². The predicted octanol–water partition coefficient (Wildman–Crippen LogP) is 2.41. The van der Waals surface area contributed by atoms with Gasteiger partial charge < -0.3 is 14.8 Å². The van der Waals surface area contributed by atoms with E-state index < -0.39 is 5.91 Å². The van der Waals surface area contributed by atoms with Crippen molar-refractivity contribution < 1.29 is 14.3 Å². The van der Waals surface area contributed by atoms with Gasteiger partial charge in [-0.15, -0.1) is 0 Å². The molecule has 0 bridgehead atoms. The molecule has 0 unspecified atom stereocenters. The van der Waals surface area contributed by atoms with Gasteiger partial charge in [0.1, 0.15) is 17.4 Å². The fourth-order valence-electron chi connectivity index (χ4n) is 1.59. The minimum atomic E-state index is -0.461. The number of rotatable bonds is 7. The molecule has 112 valence electrons. The van der Waals surface area contributed by atoms with Crippen molar-refractivity contribution in [1.29, 1.82) is 5.26 Å². The lowest BCUT2D eigenvalue weighted by Gasteiger charge is -2.08. The Kier molecular flexibility index (Phi) is 7.30. The molecule has 0 aromatic heterocycles. The van der Waals surface area contributed by atoms with Gasteiger partial charge in [0.15, 0.2) is 0 Å². The molecular formula is C15H17ClN2O3. The zero-order valence-electron chi connectivity index (χ0n) is 12.0. The molecule has 0 saturated carbocycles. The molecule has 0 spiro atoms. The molecule has 21 heavy (non-hydrogen) atoms. The second-order valence-corrected chi connectivity index (χ2v) is 4.47. The maximum Gasteiger partial charge on any atom is 0.262 e. The molecule has 0 saturated heterocycles. The van der Waals surface area contributed by atoms with Crippen molar-refractivity contribution in [3.63, 3.8) is 0 Å². The molecule has 0 radical (unpaired) electrons. The van der Waals surface area contributed by atoms with Crippen molar-refractivity contribution in [2.24, 2.45) is 0 Å². The lowest BCUT2D eigenvalue weighted by molar-refractivity contribution is -0.117. The van der Waals surface area contributed by atoms with Crippen LogP contribution in [0.15, 0.2) is 23.8 Å². The first-order valence-electron chi connectivity index (χ1n) is 6.43. The van der Waals surface area contributed by atoms with E-state index >= 15 is 0 Å². The van der Waals surface area contributed by atoms with E-state index in [0.717, 1.165) is 0 Å². The Hall–Kier alpha value is -2.03. The number of methoxy groups -OCH3 is 1. The van der Waals surface area contributed by atoms with Crippen LogP contribution in [0.1, 0.15) is 12.5 Å². The molecule has 5 nitrogen and oxygen atoms in total. The third kappa shape index (κ3) is 5.46. The van der Waals surface area contributed by atoms with E-state index in [1.165, 1.54) is 13.2 Å². The molecule has 1 aromatic rings. The van der Waals surface area contributed by atoms with Crippen LogP contribution in [0.5, 0.6) is 5.75 Å². The minimum Gasteiger partial charge on any atom is -0.493 e. The largest absolute Gasteiger partial charge is 0.493 e. The molecular weight excluding hydrogens is 292 g/mol. The maximum absolute atomic E-state index is 11.9. The van der Waals surface area contributed by atoms with Gasteiger partial charge in [0.05, 0.1) is 13.2 Å². The molecule has 0 heterocycles. The minimum absolute atomic E-state index is 0.0191. The summed E-state index contributed by atoms with van der Waals surface area (Å²) in [6.45, 7) is 3.04. The number of ether oxygens (including phenoxy) is 2. The van der Waals surface area contributed by atoms with E-state index in [-0.39, 0.29) is 5.57 Å². The highest BCUT2D eigenvalue weighted by Gasteiger charge is 2.10. The van der Waals surface area contributed by atoms with Crippen molar-refractivity contribution in [3.05, 3.63) is 34.4 Å². The average molecular weight is 309 g/mol. The molecule has 0 aliphatic heterocycles. The van der Waals surface area contributed by atoms with Gasteiger partial charge in [-0.1, -0.05) is 11.6 Å². The van der Waals surface area contributed by atoms with Crippen LogP contribution in [-0.4, -0.2) is 32.8 Å². The summed E-state index contributed by atoms with van der Waals surface area (Å²) in [5.41, 5.74) is 0.567. The SMILES string of the molecule is CCOc1ccc(Cl)cc1/C=C(\C#N)C(=O)NCCOC. The van der Waals surface area contributed by atoms with Crippen LogP contribution in [0.2, 0.25) is 5.02 Å². The van der Waals surface area contributed by atoms with Gasteiger partial charge in [-0.3, -0.25) is 4.79 Å². The average Bonchev–Trinajstić information content (AvgIpc) is 2.47. The highest BCUT2D eigenvalue weighted by molar-refractivity contribution is 6.30. The topological polar surface area (TPSA) is 71.3 Å². The van der Waals surface area contributed by atoms with E-state index in [1.54, 1.807) is 18.2 Å². The Morgan fingerprint density at radius 1 is 1.52 bits per heavy atom. The molecule has 0 aliphatic rings. The zero-order chi connectivity index (χ0) is 15.7. The summed E-state index contributed by atoms with van der Waals surface area (Å²) in [4.78, 5) is 11.9. The van der Waals surface area contributed by atoms with Crippen LogP contribution in [0.3, 0.4) is 0 Å². The molecule has 0 aliphatic carbocycles. The van der Waals surface area contributed by atoms with Crippen molar-refractivity contribution in [2.75, 3.05) is 26.9 Å². The Bertz CT molecular complexity index is 565. The summed E-state index contributed by atoms with van der Waals surface area (Å²) < 4.78 is 10.3. The van der Waals surface area contributed by atoms with Crippen LogP contribution >= 0.6 is 11.6 Å². The summed E-state index contributed by atoms with van der Waals surface area (Å²) in [5.74, 6) is 0.108. The normalized spacial score (nSPS) is 10.9. The first kappa shape index (κ1) is 17.0. The van der Waals surface area contributed by atoms with Crippen molar-refractivity contribution >= 4 is 23.6 Å². The van der Waals surface area contributed by atoms with Gasteiger partial charge in [0.25, 0.3) is 5.91 Å². The van der Waals surface area contributed by atoms with Crippen LogP contribution in [0, 0.1) is 11.3 Å². The smallest absolute Gasteiger partial charge is 0.262 e.